The molecule has 2 N–H and O–H groups in total. The molecule has 8 heteroatoms. The van der Waals surface area contributed by atoms with E-state index in [4.69, 9.17) is 10.2 Å². The summed E-state index contributed by atoms with van der Waals surface area (Å²) in [7, 11) is 0. The Morgan fingerprint density at radius 2 is 1.73 bits per heavy atom. The zero-order chi connectivity index (χ0) is 16.4. The molecule has 0 saturated carbocycles. The lowest BCUT2D eigenvalue weighted by atomic mass is 9.97. The van der Waals surface area contributed by atoms with Gasteiger partial charge < -0.3 is 10.2 Å². The van der Waals surface area contributed by atoms with Gasteiger partial charge >= 0.3 is 11.9 Å². The molecule has 0 aliphatic rings. The molecule has 22 heavy (non-hydrogen) atoms. The van der Waals surface area contributed by atoms with E-state index < -0.39 is 28.2 Å². The average Bonchev–Trinajstić information content (AvgIpc) is 2.45. The van der Waals surface area contributed by atoms with E-state index in [2.05, 4.69) is 0 Å². The minimum Gasteiger partial charge on any atom is -0.478 e. The van der Waals surface area contributed by atoms with Gasteiger partial charge in [0.2, 0.25) is 0 Å². The van der Waals surface area contributed by atoms with Gasteiger partial charge in [0.25, 0.3) is 5.69 Å². The van der Waals surface area contributed by atoms with Crippen LogP contribution in [0.4, 0.5) is 10.1 Å². The van der Waals surface area contributed by atoms with E-state index in [1.807, 2.05) is 0 Å². The van der Waals surface area contributed by atoms with Gasteiger partial charge in [-0.2, -0.15) is 0 Å². The molecule has 0 radical (unpaired) electrons. The zero-order valence-corrected chi connectivity index (χ0v) is 10.8. The van der Waals surface area contributed by atoms with Crippen molar-refractivity contribution in [3.63, 3.8) is 0 Å². The summed E-state index contributed by atoms with van der Waals surface area (Å²) in [6.07, 6.45) is 0. The first-order valence-corrected chi connectivity index (χ1v) is 5.85. The first-order valence-electron chi connectivity index (χ1n) is 5.85. The molecule has 0 fully saturated rings. The largest absolute Gasteiger partial charge is 0.478 e. The molecule has 112 valence electrons. The molecular formula is C14H8FNO6. The van der Waals surface area contributed by atoms with Gasteiger partial charge in [0.15, 0.2) is 0 Å². The monoisotopic (exact) mass is 305 g/mol. The number of aromatic carboxylic acids is 2. The second kappa shape index (κ2) is 5.60. The van der Waals surface area contributed by atoms with Crippen molar-refractivity contribution in [2.75, 3.05) is 0 Å². The number of nitro groups is 1. The maximum absolute atomic E-state index is 13.5. The highest BCUT2D eigenvalue weighted by molar-refractivity contribution is 5.98. The Balaban J connectivity index is 2.74. The lowest BCUT2D eigenvalue weighted by Gasteiger charge is -2.08. The number of halogens is 1. The number of nitro benzene ring substituents is 1. The molecule has 7 nitrogen and oxygen atoms in total. The normalized spacial score (nSPS) is 10.2. The lowest BCUT2D eigenvalue weighted by molar-refractivity contribution is -0.384. The summed E-state index contributed by atoms with van der Waals surface area (Å²) in [5.74, 6) is -3.66. The summed E-state index contributed by atoms with van der Waals surface area (Å²) < 4.78 is 13.5. The summed E-state index contributed by atoms with van der Waals surface area (Å²) in [5, 5.41) is 28.8. The number of hydrogen-bond donors (Lipinski definition) is 2. The van der Waals surface area contributed by atoms with Crippen LogP contribution in [0.15, 0.2) is 36.4 Å². The fourth-order valence-corrected chi connectivity index (χ4v) is 1.94. The summed E-state index contributed by atoms with van der Waals surface area (Å²) in [5.41, 5.74) is -1.28. The molecule has 0 aliphatic heterocycles. The molecule has 0 saturated heterocycles. The topological polar surface area (TPSA) is 118 Å². The third-order valence-corrected chi connectivity index (χ3v) is 2.90. The Morgan fingerprint density at radius 1 is 1.05 bits per heavy atom. The van der Waals surface area contributed by atoms with Crippen LogP contribution in [0.3, 0.4) is 0 Å². The van der Waals surface area contributed by atoms with Crippen LogP contribution in [0.2, 0.25) is 0 Å². The minimum absolute atomic E-state index is 0.0708. The molecule has 2 aromatic rings. The summed E-state index contributed by atoms with van der Waals surface area (Å²) in [4.78, 5) is 32.2. The molecule has 2 aromatic carbocycles. The van der Waals surface area contributed by atoms with E-state index in [0.29, 0.717) is 0 Å². The first kappa shape index (κ1) is 15.1. The first-order chi connectivity index (χ1) is 10.3. The van der Waals surface area contributed by atoms with E-state index in [-0.39, 0.29) is 22.4 Å². The molecule has 0 heterocycles. The van der Waals surface area contributed by atoms with Crippen LogP contribution in [0.1, 0.15) is 20.7 Å². The Kier molecular flexibility index (Phi) is 3.85. The Bertz CT molecular complexity index is 802. The van der Waals surface area contributed by atoms with E-state index in [1.165, 1.54) is 0 Å². The number of benzene rings is 2. The summed E-state index contributed by atoms with van der Waals surface area (Å²) in [6.45, 7) is 0. The average molecular weight is 305 g/mol. The van der Waals surface area contributed by atoms with Crippen molar-refractivity contribution in [1.29, 1.82) is 0 Å². The molecule has 0 atom stereocenters. The second-order valence-corrected chi connectivity index (χ2v) is 4.33. The Hall–Kier alpha value is -3.29. The molecule has 0 amide bonds. The van der Waals surface area contributed by atoms with Gasteiger partial charge in [-0.3, -0.25) is 10.1 Å². The fourth-order valence-electron chi connectivity index (χ4n) is 1.94. The van der Waals surface area contributed by atoms with Crippen LogP contribution < -0.4 is 0 Å². The van der Waals surface area contributed by atoms with Crippen molar-refractivity contribution in [3.8, 4) is 11.1 Å². The number of carboxylic acid groups (broad SMARTS) is 2. The predicted molar refractivity (Wildman–Crippen MR) is 72.4 cm³/mol. The molecule has 0 bridgehead atoms. The van der Waals surface area contributed by atoms with Crippen molar-refractivity contribution in [2.45, 2.75) is 0 Å². The number of carbonyl (C=O) groups is 2. The third-order valence-electron chi connectivity index (χ3n) is 2.90. The Labute approximate surface area is 122 Å². The maximum atomic E-state index is 13.5. The van der Waals surface area contributed by atoms with Crippen LogP contribution in [-0.2, 0) is 0 Å². The van der Waals surface area contributed by atoms with E-state index in [0.717, 1.165) is 36.4 Å². The summed E-state index contributed by atoms with van der Waals surface area (Å²) >= 11 is 0. The van der Waals surface area contributed by atoms with Crippen LogP contribution in [0.5, 0.6) is 0 Å². The molecule has 2 rings (SSSR count). The van der Waals surface area contributed by atoms with Crippen LogP contribution in [0.25, 0.3) is 11.1 Å². The molecule has 0 aromatic heterocycles. The minimum atomic E-state index is -1.40. The highest BCUT2D eigenvalue weighted by Gasteiger charge is 2.18. The van der Waals surface area contributed by atoms with Crippen LogP contribution >= 0.6 is 0 Å². The number of carboxylic acids is 2. The van der Waals surface area contributed by atoms with E-state index in [9.17, 15) is 24.1 Å². The molecular weight excluding hydrogens is 297 g/mol. The van der Waals surface area contributed by atoms with Crippen LogP contribution in [-0.4, -0.2) is 27.1 Å². The van der Waals surface area contributed by atoms with E-state index >= 15 is 0 Å². The van der Waals surface area contributed by atoms with Gasteiger partial charge in [0.1, 0.15) is 5.82 Å². The number of rotatable bonds is 4. The van der Waals surface area contributed by atoms with Gasteiger partial charge in [-0.1, -0.05) is 0 Å². The number of non-ortho nitro benzene ring substituents is 1. The fraction of sp³-hybridized carbons (Fsp3) is 0. The SMILES string of the molecule is O=C(O)c1cc(F)cc(-c2cc([N+](=O)[O-])ccc2C(=O)O)c1. The lowest BCUT2D eigenvalue weighted by Crippen LogP contribution is -2.03. The standard InChI is InChI=1S/C14H8FNO6/c15-9-4-7(3-8(5-9)13(17)18)12-6-10(16(21)22)1-2-11(12)14(19)20/h1-6H,(H,17,18)(H,19,20). The van der Waals surface area contributed by atoms with Crippen molar-refractivity contribution in [1.82, 2.24) is 0 Å². The maximum Gasteiger partial charge on any atom is 0.336 e. The van der Waals surface area contributed by atoms with Crippen molar-refractivity contribution >= 4 is 17.6 Å². The van der Waals surface area contributed by atoms with Crippen LogP contribution in [0, 0.1) is 15.9 Å². The van der Waals surface area contributed by atoms with Crippen molar-refractivity contribution < 1.29 is 29.1 Å². The van der Waals surface area contributed by atoms with Gasteiger partial charge in [0, 0.05) is 17.7 Å². The molecule has 0 unspecified atom stereocenters. The molecule has 0 spiro atoms. The highest BCUT2D eigenvalue weighted by atomic mass is 19.1. The zero-order valence-electron chi connectivity index (χ0n) is 10.8. The third kappa shape index (κ3) is 2.90. The van der Waals surface area contributed by atoms with E-state index in [1.54, 1.807) is 0 Å². The highest BCUT2D eigenvalue weighted by Crippen LogP contribution is 2.29. The number of hydrogen-bond acceptors (Lipinski definition) is 4. The second-order valence-electron chi connectivity index (χ2n) is 4.33. The van der Waals surface area contributed by atoms with Crippen molar-refractivity contribution in [2.24, 2.45) is 0 Å². The number of nitrogens with zero attached hydrogens (tertiary/aromatic N) is 1. The smallest absolute Gasteiger partial charge is 0.336 e. The van der Waals surface area contributed by atoms with Gasteiger partial charge in [-0.25, -0.2) is 14.0 Å². The Morgan fingerprint density at radius 3 is 2.27 bits per heavy atom. The molecule has 0 aliphatic carbocycles. The van der Waals surface area contributed by atoms with Gasteiger partial charge in [0.05, 0.1) is 16.1 Å². The van der Waals surface area contributed by atoms with Crippen molar-refractivity contribution in [3.05, 3.63) is 63.5 Å². The summed E-state index contributed by atoms with van der Waals surface area (Å²) in [6, 6.07) is 5.72. The van der Waals surface area contributed by atoms with Gasteiger partial charge in [-0.15, -0.1) is 0 Å². The quantitative estimate of drug-likeness (QED) is 0.662. The van der Waals surface area contributed by atoms with Gasteiger partial charge in [-0.05, 0) is 29.8 Å². The predicted octanol–water partition coefficient (Wildman–Crippen LogP) is 2.80.